The summed E-state index contributed by atoms with van der Waals surface area (Å²) < 4.78 is 10.1. The molecule has 5 aromatic rings. The second-order valence-corrected chi connectivity index (χ2v) is 19.6. The lowest BCUT2D eigenvalue weighted by atomic mass is 10.0. The number of alkyl carbamates (subject to hydrolysis) is 1. The maximum atomic E-state index is 13.7. The fourth-order valence-electron chi connectivity index (χ4n) is 10.7. The molecular formula is C53H67N9O5. The second-order valence-electron chi connectivity index (χ2n) is 19.6. The molecule has 3 aliphatic heterocycles. The van der Waals surface area contributed by atoms with Crippen molar-refractivity contribution in [3.05, 3.63) is 114 Å². The molecule has 4 fully saturated rings. The molecule has 5 heterocycles. The summed E-state index contributed by atoms with van der Waals surface area (Å²) in [6.07, 6.45) is 11.2. The monoisotopic (exact) mass is 910 g/mol. The first-order chi connectivity index (χ1) is 32.5. The van der Waals surface area contributed by atoms with E-state index in [1.165, 1.54) is 42.3 Å². The Hall–Kier alpha value is -5.99. The standard InChI is InChI=1S/C53H67N9O5/c1-32(2)47(56-31-66-5)51(63)60-27-7-9-45(60)49-54-29-41(57-49)36-13-17-38(18-14-36)43-25-26-44(62(43)40-23-21-35(22-24-40)34-11-12-34)39-19-15-37(16-20-39)42-30-55-50(58-42)46-10-8-28-61(46)52(64)48(33(3)4)59-53(65)67-6/h13-24,29-30,32-34,43-48,56H,7-12,25-28,31H2,1-6H3,(H,54,57)(H,55,58)(H,59,65). The number of carbonyl (C=O) groups excluding carboxylic acids is 3. The molecule has 67 heavy (non-hydrogen) atoms. The first-order valence-electron chi connectivity index (χ1n) is 24.4. The van der Waals surface area contributed by atoms with Crippen LogP contribution >= 0.6 is 0 Å². The highest BCUT2D eigenvalue weighted by Gasteiger charge is 2.40. The molecule has 3 saturated heterocycles. The van der Waals surface area contributed by atoms with Crippen LogP contribution in [-0.4, -0.2) is 93.8 Å². The summed E-state index contributed by atoms with van der Waals surface area (Å²) in [7, 11) is 2.94. The molecule has 0 spiro atoms. The van der Waals surface area contributed by atoms with Gasteiger partial charge in [0.05, 0.1) is 67.8 Å². The number of amides is 3. The van der Waals surface area contributed by atoms with E-state index >= 15 is 0 Å². The van der Waals surface area contributed by atoms with Crippen molar-refractivity contribution in [3.63, 3.8) is 0 Å². The fourth-order valence-corrected chi connectivity index (χ4v) is 10.7. The summed E-state index contributed by atoms with van der Waals surface area (Å²) in [6.45, 7) is 9.62. The van der Waals surface area contributed by atoms with Crippen LogP contribution in [0.15, 0.2) is 85.2 Å². The highest BCUT2D eigenvalue weighted by atomic mass is 16.5. The molecule has 2 aromatic heterocycles. The Labute approximate surface area is 394 Å². The Morgan fingerprint density at radius 1 is 0.627 bits per heavy atom. The average Bonchev–Trinajstić information content (AvgIpc) is 3.96. The number of H-pyrrole nitrogens is 2. The number of nitrogens with zero attached hydrogens (tertiary/aromatic N) is 5. The van der Waals surface area contributed by atoms with Crippen LogP contribution in [0.5, 0.6) is 0 Å². The summed E-state index contributed by atoms with van der Waals surface area (Å²) >= 11 is 0. The number of methoxy groups -OCH3 is 2. The number of aromatic amines is 2. The van der Waals surface area contributed by atoms with Crippen LogP contribution < -0.4 is 15.5 Å². The van der Waals surface area contributed by atoms with Crippen LogP contribution in [0.25, 0.3) is 22.5 Å². The van der Waals surface area contributed by atoms with Gasteiger partial charge >= 0.3 is 6.09 Å². The number of hydrogen-bond donors (Lipinski definition) is 4. The van der Waals surface area contributed by atoms with E-state index < -0.39 is 12.1 Å². The lowest BCUT2D eigenvalue weighted by molar-refractivity contribution is -0.136. The Kier molecular flexibility index (Phi) is 13.8. The van der Waals surface area contributed by atoms with Crippen LogP contribution in [0, 0.1) is 11.8 Å². The summed E-state index contributed by atoms with van der Waals surface area (Å²) in [5.74, 6) is 2.27. The maximum Gasteiger partial charge on any atom is 0.407 e. The SMILES string of the molecule is COCNC(C(=O)N1CCCC1c1ncc(-c2ccc(C3CCC(c4ccc(-c5cnc(C6CCCN6C(=O)C(NC(=O)OC)C(C)C)[nH]5)cc4)N3c3ccc(C4CC4)cc3)cc2)[nH]1)C(C)C. The van der Waals surface area contributed by atoms with Gasteiger partial charge in [0.1, 0.15) is 17.7 Å². The molecule has 14 nitrogen and oxygen atoms in total. The summed E-state index contributed by atoms with van der Waals surface area (Å²) in [5.41, 5.74) is 9.14. The van der Waals surface area contributed by atoms with Gasteiger partial charge in [-0.1, -0.05) is 88.4 Å². The minimum atomic E-state index is -0.683. The smallest absolute Gasteiger partial charge is 0.407 e. The van der Waals surface area contributed by atoms with Gasteiger partial charge in [-0.25, -0.2) is 14.8 Å². The van der Waals surface area contributed by atoms with Crippen LogP contribution in [0.2, 0.25) is 0 Å². The van der Waals surface area contributed by atoms with E-state index in [9.17, 15) is 14.4 Å². The number of anilines is 1. The molecule has 0 bridgehead atoms. The average molecular weight is 910 g/mol. The van der Waals surface area contributed by atoms with E-state index in [2.05, 4.69) is 112 Å². The van der Waals surface area contributed by atoms with Crippen molar-refractivity contribution < 1.29 is 23.9 Å². The topological polar surface area (TPSA) is 161 Å². The third-order valence-corrected chi connectivity index (χ3v) is 14.5. The fraction of sp³-hybridized carbons (Fsp3) is 0.491. The molecule has 1 saturated carbocycles. The van der Waals surface area contributed by atoms with Crippen molar-refractivity contribution in [2.45, 2.75) is 121 Å². The van der Waals surface area contributed by atoms with Crippen LogP contribution in [0.1, 0.15) is 137 Å². The Bertz CT molecular complexity index is 2480. The van der Waals surface area contributed by atoms with Crippen molar-refractivity contribution in [1.29, 1.82) is 0 Å². The number of hydrogen-bond acceptors (Lipinski definition) is 9. The number of aromatic nitrogens is 4. The molecule has 354 valence electrons. The molecule has 6 atom stereocenters. The van der Waals surface area contributed by atoms with E-state index in [-0.39, 0.29) is 53.9 Å². The van der Waals surface area contributed by atoms with Crippen molar-refractivity contribution in [2.75, 3.05) is 38.9 Å². The van der Waals surface area contributed by atoms with Gasteiger partial charge in [-0.2, -0.15) is 0 Å². The molecule has 3 amide bonds. The van der Waals surface area contributed by atoms with E-state index in [1.54, 1.807) is 7.11 Å². The Balaban J connectivity index is 0.915. The van der Waals surface area contributed by atoms with Gasteiger partial charge < -0.3 is 39.5 Å². The lowest BCUT2D eigenvalue weighted by Crippen LogP contribution is -2.51. The zero-order valence-corrected chi connectivity index (χ0v) is 39.8. The number of carbonyl (C=O) groups is 3. The van der Waals surface area contributed by atoms with Gasteiger partial charge in [0.2, 0.25) is 11.8 Å². The van der Waals surface area contributed by atoms with Gasteiger partial charge in [0.15, 0.2) is 0 Å². The molecule has 0 radical (unpaired) electrons. The van der Waals surface area contributed by atoms with Crippen LogP contribution in [0.4, 0.5) is 10.5 Å². The Morgan fingerprint density at radius 3 is 1.55 bits per heavy atom. The lowest BCUT2D eigenvalue weighted by Gasteiger charge is -2.33. The highest BCUT2D eigenvalue weighted by molar-refractivity contribution is 5.86. The van der Waals surface area contributed by atoms with Crippen molar-refractivity contribution in [1.82, 2.24) is 40.4 Å². The third kappa shape index (κ3) is 9.74. The number of benzene rings is 3. The summed E-state index contributed by atoms with van der Waals surface area (Å²) in [5, 5.41) is 6.01. The number of imidazole rings is 2. The predicted octanol–water partition coefficient (Wildman–Crippen LogP) is 9.35. The molecule has 3 aromatic carbocycles. The van der Waals surface area contributed by atoms with Gasteiger partial charge in [-0.3, -0.25) is 14.9 Å². The third-order valence-electron chi connectivity index (χ3n) is 14.5. The van der Waals surface area contributed by atoms with Gasteiger partial charge in [-0.15, -0.1) is 0 Å². The summed E-state index contributed by atoms with van der Waals surface area (Å²) in [6, 6.07) is 26.2. The zero-order chi connectivity index (χ0) is 46.8. The van der Waals surface area contributed by atoms with Crippen LogP contribution in [-0.2, 0) is 19.1 Å². The predicted molar refractivity (Wildman–Crippen MR) is 259 cm³/mol. The number of ether oxygens (including phenoxy) is 2. The van der Waals surface area contributed by atoms with Gasteiger partial charge in [0.25, 0.3) is 0 Å². The van der Waals surface area contributed by atoms with Gasteiger partial charge in [0, 0.05) is 25.9 Å². The number of nitrogens with one attached hydrogen (secondary N) is 4. The first kappa shape index (κ1) is 46.1. The molecular weight excluding hydrogens is 843 g/mol. The molecule has 9 rings (SSSR count). The largest absolute Gasteiger partial charge is 0.453 e. The summed E-state index contributed by atoms with van der Waals surface area (Å²) in [4.78, 5) is 62.8. The van der Waals surface area contributed by atoms with Crippen LogP contribution in [0.3, 0.4) is 0 Å². The zero-order valence-electron chi connectivity index (χ0n) is 39.8. The maximum absolute atomic E-state index is 13.7. The number of rotatable bonds is 16. The van der Waals surface area contributed by atoms with Crippen molar-refractivity contribution >= 4 is 23.6 Å². The van der Waals surface area contributed by atoms with E-state index in [1.807, 2.05) is 36.0 Å². The molecule has 6 unspecified atom stereocenters. The molecule has 4 N–H and O–H groups in total. The second kappa shape index (κ2) is 20.1. The number of likely N-dealkylation sites (tertiary alicyclic amines) is 2. The Morgan fingerprint density at radius 2 is 1.10 bits per heavy atom. The highest BCUT2D eigenvalue weighted by Crippen LogP contribution is 2.48. The van der Waals surface area contributed by atoms with E-state index in [4.69, 9.17) is 19.4 Å². The van der Waals surface area contributed by atoms with E-state index in [0.29, 0.717) is 25.7 Å². The van der Waals surface area contributed by atoms with E-state index in [0.717, 1.165) is 72.7 Å². The minimum Gasteiger partial charge on any atom is -0.453 e. The molecule has 1 aliphatic carbocycles. The molecule has 14 heteroatoms. The quantitative estimate of drug-likeness (QED) is 0.0708. The first-order valence-corrected chi connectivity index (χ1v) is 24.4. The van der Waals surface area contributed by atoms with Crippen molar-refractivity contribution in [2.24, 2.45) is 11.8 Å². The van der Waals surface area contributed by atoms with Gasteiger partial charge in [-0.05, 0) is 109 Å². The van der Waals surface area contributed by atoms with Crippen molar-refractivity contribution in [3.8, 4) is 22.5 Å². The molecule has 4 aliphatic rings. The minimum absolute atomic E-state index is 0.0885. The normalized spacial score (nSPS) is 21.6.